The number of hydrogen-bond acceptors (Lipinski definition) is 4. The van der Waals surface area contributed by atoms with E-state index in [0.717, 1.165) is 39.0 Å². The minimum absolute atomic E-state index is 0.227. The van der Waals surface area contributed by atoms with E-state index in [1.165, 1.54) is 22.3 Å². The molecule has 2 unspecified atom stereocenters. The van der Waals surface area contributed by atoms with Crippen molar-refractivity contribution >= 4 is 5.57 Å². The molecule has 0 radical (unpaired) electrons. The molecule has 1 saturated heterocycles. The second-order valence-electron chi connectivity index (χ2n) is 7.44. The van der Waals surface area contributed by atoms with Crippen LogP contribution >= 0.6 is 0 Å². The summed E-state index contributed by atoms with van der Waals surface area (Å²) in [6.45, 7) is 8.70. The Labute approximate surface area is 151 Å². The monoisotopic (exact) mass is 345 g/mol. The highest BCUT2D eigenvalue weighted by molar-refractivity contribution is 5.67. The Balaban J connectivity index is 1.42. The van der Waals surface area contributed by atoms with Crippen molar-refractivity contribution in [2.75, 3.05) is 39.5 Å². The Morgan fingerprint density at radius 1 is 1.28 bits per heavy atom. The highest BCUT2D eigenvalue weighted by atomic mass is 16.5. The Kier molecular flexibility index (Phi) is 6.65. The molecule has 1 N–H and O–H groups in total. The number of aliphatic hydroxyl groups excluding tert-OH is 1. The fraction of sp³-hybridized carbons (Fsp3) is 0.619. The van der Waals surface area contributed by atoms with Crippen molar-refractivity contribution in [3.05, 3.63) is 41.0 Å². The molecule has 0 spiro atoms. The summed E-state index contributed by atoms with van der Waals surface area (Å²) in [6.07, 6.45) is 5.33. The van der Waals surface area contributed by atoms with Crippen LogP contribution in [0.2, 0.25) is 0 Å². The van der Waals surface area contributed by atoms with Crippen LogP contribution in [0.3, 0.4) is 0 Å². The maximum absolute atomic E-state index is 10.2. The third kappa shape index (κ3) is 5.65. The van der Waals surface area contributed by atoms with Crippen LogP contribution in [0.1, 0.15) is 36.0 Å². The molecule has 1 aromatic rings. The predicted octanol–water partition coefficient (Wildman–Crippen LogP) is 2.95. The summed E-state index contributed by atoms with van der Waals surface area (Å²) in [5.74, 6) is 0. The molecular weight excluding hydrogens is 314 g/mol. The maximum atomic E-state index is 10.2. The van der Waals surface area contributed by atoms with Gasteiger partial charge in [0.05, 0.1) is 25.4 Å². The van der Waals surface area contributed by atoms with Gasteiger partial charge in [0, 0.05) is 26.2 Å². The Morgan fingerprint density at radius 2 is 2.08 bits per heavy atom. The van der Waals surface area contributed by atoms with Gasteiger partial charge in [-0.1, -0.05) is 35.4 Å². The minimum atomic E-state index is -0.433. The van der Waals surface area contributed by atoms with E-state index in [0.29, 0.717) is 19.8 Å². The van der Waals surface area contributed by atoms with Crippen LogP contribution in [0.15, 0.2) is 24.3 Å². The van der Waals surface area contributed by atoms with E-state index < -0.39 is 6.10 Å². The van der Waals surface area contributed by atoms with Gasteiger partial charge in [0.15, 0.2) is 0 Å². The summed E-state index contributed by atoms with van der Waals surface area (Å²) in [4.78, 5) is 2.30. The van der Waals surface area contributed by atoms with Gasteiger partial charge in [0.1, 0.15) is 0 Å². The van der Waals surface area contributed by atoms with Gasteiger partial charge in [-0.05, 0) is 44.2 Å². The average Bonchev–Trinajstić information content (AvgIpc) is 3.08. The Bertz CT molecular complexity index is 573. The number of nitrogens with zero attached hydrogens (tertiary/aromatic N) is 1. The van der Waals surface area contributed by atoms with E-state index in [9.17, 15) is 5.11 Å². The molecule has 0 amide bonds. The molecule has 0 aliphatic carbocycles. The quantitative estimate of drug-likeness (QED) is 0.825. The lowest BCUT2D eigenvalue weighted by atomic mass is 9.96. The van der Waals surface area contributed by atoms with Gasteiger partial charge in [-0.25, -0.2) is 0 Å². The van der Waals surface area contributed by atoms with Crippen LogP contribution in [0, 0.1) is 13.8 Å². The summed E-state index contributed by atoms with van der Waals surface area (Å²) in [7, 11) is 0. The van der Waals surface area contributed by atoms with Crippen molar-refractivity contribution in [2.45, 2.75) is 45.3 Å². The number of β-amino-alcohol motifs (C(OH)–C–C–N with tert-alkyl or cyclic N) is 1. The van der Waals surface area contributed by atoms with E-state index in [1.54, 1.807) is 0 Å². The van der Waals surface area contributed by atoms with Crippen LogP contribution in [-0.4, -0.2) is 61.7 Å². The van der Waals surface area contributed by atoms with Gasteiger partial charge < -0.3 is 14.6 Å². The fourth-order valence-corrected chi connectivity index (χ4v) is 3.76. The molecule has 0 saturated carbocycles. The Hall–Kier alpha value is -1.20. The number of hydrogen-bond donors (Lipinski definition) is 1. The summed E-state index contributed by atoms with van der Waals surface area (Å²) >= 11 is 0. The molecule has 0 bridgehead atoms. The number of aryl methyl sites for hydroxylation is 2. The second-order valence-corrected chi connectivity index (χ2v) is 7.44. The van der Waals surface area contributed by atoms with Crippen molar-refractivity contribution in [3.63, 3.8) is 0 Å². The first kappa shape index (κ1) is 18.6. The SMILES string of the molecule is Cc1cc(C)cc(C2=CCN(CC(O)COCC3CCCO3)CC2)c1. The van der Waals surface area contributed by atoms with Gasteiger partial charge in [0.2, 0.25) is 0 Å². The number of aliphatic hydroxyl groups is 1. The molecule has 138 valence electrons. The van der Waals surface area contributed by atoms with Crippen LogP contribution < -0.4 is 0 Å². The maximum Gasteiger partial charge on any atom is 0.0900 e. The molecule has 1 aromatic carbocycles. The minimum Gasteiger partial charge on any atom is -0.389 e. The normalized spacial score (nSPS) is 22.8. The van der Waals surface area contributed by atoms with Crippen LogP contribution in [0.5, 0.6) is 0 Å². The van der Waals surface area contributed by atoms with Gasteiger partial charge >= 0.3 is 0 Å². The molecule has 4 heteroatoms. The third-order valence-corrected chi connectivity index (χ3v) is 4.99. The zero-order chi connectivity index (χ0) is 17.6. The molecule has 2 atom stereocenters. The first-order valence-corrected chi connectivity index (χ1v) is 9.47. The molecule has 3 rings (SSSR count). The van der Waals surface area contributed by atoms with E-state index >= 15 is 0 Å². The second kappa shape index (κ2) is 8.95. The number of ether oxygens (including phenoxy) is 2. The van der Waals surface area contributed by atoms with Gasteiger partial charge in [0.25, 0.3) is 0 Å². The van der Waals surface area contributed by atoms with Crippen molar-refractivity contribution < 1.29 is 14.6 Å². The predicted molar refractivity (Wildman–Crippen MR) is 101 cm³/mol. The molecule has 2 aliphatic heterocycles. The first-order chi connectivity index (χ1) is 12.1. The highest BCUT2D eigenvalue weighted by Gasteiger charge is 2.19. The lowest BCUT2D eigenvalue weighted by molar-refractivity contribution is -0.0244. The van der Waals surface area contributed by atoms with E-state index in [1.807, 2.05) is 0 Å². The number of benzene rings is 1. The summed E-state index contributed by atoms with van der Waals surface area (Å²) in [5, 5.41) is 10.2. The molecule has 25 heavy (non-hydrogen) atoms. The van der Waals surface area contributed by atoms with Crippen LogP contribution in [0.4, 0.5) is 0 Å². The topological polar surface area (TPSA) is 41.9 Å². The molecule has 1 fully saturated rings. The standard InChI is InChI=1S/C21H31NO3/c1-16-10-17(2)12-19(11-16)18-5-7-22(8-6-18)13-20(23)14-24-15-21-4-3-9-25-21/h5,10-12,20-21,23H,3-4,6-9,13-15H2,1-2H3. The summed E-state index contributed by atoms with van der Waals surface area (Å²) in [6, 6.07) is 6.75. The van der Waals surface area contributed by atoms with Gasteiger partial charge in [-0.2, -0.15) is 0 Å². The van der Waals surface area contributed by atoms with Crippen molar-refractivity contribution in [1.82, 2.24) is 4.90 Å². The molecule has 0 aromatic heterocycles. The number of rotatable bonds is 7. The van der Waals surface area contributed by atoms with Crippen LogP contribution in [-0.2, 0) is 9.47 Å². The lowest BCUT2D eigenvalue weighted by Gasteiger charge is -2.28. The molecule has 4 nitrogen and oxygen atoms in total. The zero-order valence-electron chi connectivity index (χ0n) is 15.5. The average molecular weight is 345 g/mol. The highest BCUT2D eigenvalue weighted by Crippen LogP contribution is 2.24. The van der Waals surface area contributed by atoms with Gasteiger partial charge in [-0.3, -0.25) is 4.90 Å². The van der Waals surface area contributed by atoms with Gasteiger partial charge in [-0.15, -0.1) is 0 Å². The van der Waals surface area contributed by atoms with Crippen molar-refractivity contribution in [2.24, 2.45) is 0 Å². The molecule has 2 aliphatic rings. The Morgan fingerprint density at radius 3 is 2.72 bits per heavy atom. The summed E-state index contributed by atoms with van der Waals surface area (Å²) < 4.78 is 11.2. The largest absolute Gasteiger partial charge is 0.389 e. The summed E-state index contributed by atoms with van der Waals surface area (Å²) in [5.41, 5.74) is 5.40. The smallest absolute Gasteiger partial charge is 0.0900 e. The third-order valence-electron chi connectivity index (χ3n) is 4.99. The fourth-order valence-electron chi connectivity index (χ4n) is 3.76. The van der Waals surface area contributed by atoms with E-state index in [4.69, 9.17) is 9.47 Å². The molecule has 2 heterocycles. The van der Waals surface area contributed by atoms with E-state index in [2.05, 4.69) is 43.0 Å². The van der Waals surface area contributed by atoms with Crippen LogP contribution in [0.25, 0.3) is 5.57 Å². The first-order valence-electron chi connectivity index (χ1n) is 9.47. The zero-order valence-corrected chi connectivity index (χ0v) is 15.5. The molecular formula is C21H31NO3. The van der Waals surface area contributed by atoms with Crippen molar-refractivity contribution in [3.8, 4) is 0 Å². The lowest BCUT2D eigenvalue weighted by Crippen LogP contribution is -2.37. The van der Waals surface area contributed by atoms with Crippen molar-refractivity contribution in [1.29, 1.82) is 0 Å². The van der Waals surface area contributed by atoms with E-state index in [-0.39, 0.29) is 6.10 Å².